The van der Waals surface area contributed by atoms with Crippen molar-refractivity contribution in [2.24, 2.45) is 11.5 Å². The van der Waals surface area contributed by atoms with Crippen LogP contribution in [0.2, 0.25) is 0 Å². The van der Waals surface area contributed by atoms with Crippen LogP contribution in [0.5, 0.6) is 0 Å². The molecule has 58 valence electrons. The molecule has 0 aromatic rings. The van der Waals surface area contributed by atoms with Crippen molar-refractivity contribution in [3.05, 3.63) is 15.3 Å². The Morgan fingerprint density at radius 1 is 1.44 bits per heavy atom. The Kier molecular flexibility index (Phi) is 18.9. The van der Waals surface area contributed by atoms with E-state index in [1.165, 1.54) is 0 Å². The van der Waals surface area contributed by atoms with Gasteiger partial charge in [0.1, 0.15) is 0 Å². The summed E-state index contributed by atoms with van der Waals surface area (Å²) < 4.78 is 0. The van der Waals surface area contributed by atoms with Gasteiger partial charge in [0.05, 0.1) is 5.09 Å². The monoisotopic (exact) mass is 228 g/mol. The summed E-state index contributed by atoms with van der Waals surface area (Å²) in [4.78, 5) is 8.25. The first-order valence-corrected chi connectivity index (χ1v) is 1.79. The zero-order valence-corrected chi connectivity index (χ0v) is 6.27. The van der Waals surface area contributed by atoms with Crippen molar-refractivity contribution in [3.63, 3.8) is 0 Å². The Balaban J connectivity index is -0.0000000720. The van der Waals surface area contributed by atoms with Crippen LogP contribution in [0.15, 0.2) is 0 Å². The molecule has 0 fully saturated rings. The van der Waals surface area contributed by atoms with Crippen molar-refractivity contribution >= 4 is 0 Å². The minimum absolute atomic E-state index is 0. The minimum atomic E-state index is -1.75. The van der Waals surface area contributed by atoms with Crippen molar-refractivity contribution in [1.82, 2.24) is 0 Å². The maximum atomic E-state index is 8.25. The smallest absolute Gasteiger partial charge is 0.356 e. The van der Waals surface area contributed by atoms with Gasteiger partial charge in [0.2, 0.25) is 0 Å². The Labute approximate surface area is 66.0 Å². The Hall–Kier alpha value is -0.218. The zero-order valence-electron chi connectivity index (χ0n) is 4.72. The summed E-state index contributed by atoms with van der Waals surface area (Å²) in [6.07, 6.45) is -0.167. The molecule has 9 heavy (non-hydrogen) atoms. The van der Waals surface area contributed by atoms with Gasteiger partial charge in [0.15, 0.2) is 0 Å². The molecule has 0 bridgehead atoms. The van der Waals surface area contributed by atoms with Crippen LogP contribution in [0.4, 0.5) is 0 Å². The topological polar surface area (TPSA) is 118 Å². The number of hydrogen-bond acceptors (Lipinski definition) is 5. The maximum absolute atomic E-state index is 8.25. The number of nitrogens with zero attached hydrogens (tertiary/aromatic N) is 1. The number of rotatable bonds is 0. The van der Waals surface area contributed by atoms with E-state index in [9.17, 15) is 0 Å². The van der Waals surface area contributed by atoms with E-state index in [1.54, 1.807) is 6.92 Å². The van der Waals surface area contributed by atoms with Gasteiger partial charge in [-0.05, 0) is 6.92 Å². The molecule has 0 aliphatic heterocycles. The predicted octanol–water partition coefficient (Wildman–Crippen LogP) is -0.992. The van der Waals surface area contributed by atoms with E-state index < -0.39 is 5.09 Å². The Bertz CT molecular complexity index is 61.3. The second-order valence-electron chi connectivity index (χ2n) is 1.08. The van der Waals surface area contributed by atoms with Crippen LogP contribution in [0.1, 0.15) is 6.92 Å². The molecule has 4 N–H and O–H groups in total. The average Bonchev–Trinajstić information content (AvgIpc) is 1.25. The summed E-state index contributed by atoms with van der Waals surface area (Å²) in [5, 5.41) is 14.8. The van der Waals surface area contributed by atoms with Crippen molar-refractivity contribution < 1.29 is 25.5 Å². The summed E-state index contributed by atoms with van der Waals surface area (Å²) >= 11 is 0. The van der Waals surface area contributed by atoms with Crippen molar-refractivity contribution in [3.8, 4) is 0 Å². The van der Waals surface area contributed by atoms with Crippen LogP contribution in [-0.2, 0) is 20.4 Å². The van der Waals surface area contributed by atoms with E-state index in [1.807, 2.05) is 0 Å². The van der Waals surface area contributed by atoms with Gasteiger partial charge in [-0.2, -0.15) is 0 Å². The van der Waals surface area contributed by atoms with Crippen LogP contribution in [0.3, 0.4) is 0 Å². The van der Waals surface area contributed by atoms with E-state index >= 15 is 0 Å². The third-order valence-electron chi connectivity index (χ3n) is 0. The molecule has 6 nitrogen and oxygen atoms in total. The van der Waals surface area contributed by atoms with Gasteiger partial charge in [-0.1, -0.05) is 0 Å². The van der Waals surface area contributed by atoms with Gasteiger partial charge in [-0.3, -0.25) is 0 Å². The molecular weight excluding hydrogens is 220 g/mol. The van der Waals surface area contributed by atoms with Gasteiger partial charge in [0.25, 0.3) is 0 Å². The molecule has 0 radical (unpaired) electrons. The fraction of sp³-hybridized carbons (Fsp3) is 1.00. The minimum Gasteiger partial charge on any atom is -0.356 e. The molecule has 0 unspecified atom stereocenters. The molecular formula is C2H8N3O3Pd+. The van der Waals surface area contributed by atoms with Gasteiger partial charge >= 0.3 is 20.4 Å². The predicted molar refractivity (Wildman–Crippen MR) is 28.2 cm³/mol. The quantitative estimate of drug-likeness (QED) is 0.239. The van der Waals surface area contributed by atoms with E-state index in [4.69, 9.17) is 26.8 Å². The molecule has 0 spiro atoms. The van der Waals surface area contributed by atoms with Crippen LogP contribution in [-0.4, -0.2) is 11.3 Å². The first kappa shape index (κ1) is 15.9. The third-order valence-corrected chi connectivity index (χ3v) is 0. The van der Waals surface area contributed by atoms with Gasteiger partial charge < -0.3 is 26.8 Å². The van der Waals surface area contributed by atoms with Crippen molar-refractivity contribution in [1.29, 1.82) is 0 Å². The summed E-state index contributed by atoms with van der Waals surface area (Å²) in [6.45, 7) is 1.72. The standard InChI is InChI=1S/C2H8N2.NO3.Pd/c1-2(3)4;2-1(3)4;/h2H,3-4H2,1H3;;/q;-1;+2. The largest absolute Gasteiger partial charge is 2.00 e. The maximum Gasteiger partial charge on any atom is 2.00 e. The Morgan fingerprint density at radius 2 is 1.44 bits per heavy atom. The van der Waals surface area contributed by atoms with Gasteiger partial charge in [0, 0.05) is 6.17 Å². The molecule has 0 rings (SSSR count). The first-order valence-electron chi connectivity index (χ1n) is 1.79. The molecule has 0 heterocycles. The van der Waals surface area contributed by atoms with Gasteiger partial charge in [-0.15, -0.1) is 0 Å². The molecule has 7 heteroatoms. The Morgan fingerprint density at radius 3 is 1.44 bits per heavy atom. The SMILES string of the molecule is CC(N)N.O=[N+]([O-])[O-].[Pd+2]. The van der Waals surface area contributed by atoms with Crippen LogP contribution < -0.4 is 11.5 Å². The molecule has 0 aliphatic carbocycles. The van der Waals surface area contributed by atoms with Crippen LogP contribution >= 0.6 is 0 Å². The zero-order chi connectivity index (χ0) is 7.15. The van der Waals surface area contributed by atoms with Gasteiger partial charge in [-0.25, -0.2) is 0 Å². The molecule has 0 saturated carbocycles. The molecule has 0 aromatic carbocycles. The summed E-state index contributed by atoms with van der Waals surface area (Å²) in [7, 11) is 0. The molecule has 0 aliphatic rings. The second-order valence-corrected chi connectivity index (χ2v) is 1.08. The first-order chi connectivity index (χ1) is 3.46. The van der Waals surface area contributed by atoms with E-state index in [-0.39, 0.29) is 26.6 Å². The number of nitrogens with two attached hydrogens (primary N) is 2. The van der Waals surface area contributed by atoms with Crippen molar-refractivity contribution in [2.45, 2.75) is 13.1 Å². The van der Waals surface area contributed by atoms with Crippen LogP contribution in [0, 0.1) is 15.3 Å². The molecule has 0 amide bonds. The molecule has 0 aromatic heterocycles. The summed E-state index contributed by atoms with van der Waals surface area (Å²) in [5.74, 6) is 0. The van der Waals surface area contributed by atoms with E-state index in [2.05, 4.69) is 0 Å². The van der Waals surface area contributed by atoms with Crippen LogP contribution in [0.25, 0.3) is 0 Å². The fourth-order valence-electron chi connectivity index (χ4n) is 0. The number of hydrogen-bond donors (Lipinski definition) is 2. The summed E-state index contributed by atoms with van der Waals surface area (Å²) in [5.41, 5.74) is 9.78. The normalized spacial score (nSPS) is 6.67. The fourth-order valence-corrected chi connectivity index (χ4v) is 0. The van der Waals surface area contributed by atoms with E-state index in [0.29, 0.717) is 0 Å². The molecule has 0 atom stereocenters. The van der Waals surface area contributed by atoms with Crippen molar-refractivity contribution in [2.75, 3.05) is 0 Å². The second kappa shape index (κ2) is 10.7. The summed E-state index contributed by atoms with van der Waals surface area (Å²) in [6, 6.07) is 0. The van der Waals surface area contributed by atoms with E-state index in [0.717, 1.165) is 0 Å². The third kappa shape index (κ3) is 5490. The average molecular weight is 229 g/mol. The molecule has 0 saturated heterocycles.